The molecule has 0 bridgehead atoms. The first-order chi connectivity index (χ1) is 18.4. The fraction of sp³-hybridized carbons (Fsp3) is 0.469. The van der Waals surface area contributed by atoms with Gasteiger partial charge in [-0.3, -0.25) is 0 Å². The van der Waals surface area contributed by atoms with Crippen molar-refractivity contribution in [2.75, 3.05) is 0 Å². The molecule has 0 spiro atoms. The number of benzene rings is 3. The summed E-state index contributed by atoms with van der Waals surface area (Å²) in [5.41, 5.74) is 4.20. The van der Waals surface area contributed by atoms with Gasteiger partial charge in [0.15, 0.2) is 0 Å². The zero-order valence-corrected chi connectivity index (χ0v) is 22.7. The summed E-state index contributed by atoms with van der Waals surface area (Å²) in [4.78, 5) is 14.1. The predicted octanol–water partition coefficient (Wildman–Crippen LogP) is 7.55. The van der Waals surface area contributed by atoms with Gasteiger partial charge in [0.05, 0.1) is 10.5 Å². The number of fused-ring (bicyclic) bond motifs is 2. The number of carbonyl (C=O) groups excluding carboxylic acids is 1. The lowest BCUT2D eigenvalue weighted by atomic mass is 9.74. The molecule has 3 aromatic rings. The van der Waals surface area contributed by atoms with Crippen molar-refractivity contribution in [3.8, 4) is 5.75 Å². The van der Waals surface area contributed by atoms with Crippen molar-refractivity contribution < 1.29 is 22.5 Å². The van der Waals surface area contributed by atoms with Gasteiger partial charge in [0.25, 0.3) is 0 Å². The minimum absolute atomic E-state index is 0.179. The van der Waals surface area contributed by atoms with Crippen molar-refractivity contribution in [2.24, 2.45) is 0 Å². The van der Waals surface area contributed by atoms with E-state index >= 15 is 0 Å². The Morgan fingerprint density at radius 2 is 1.45 bits per heavy atom. The Bertz CT molecular complexity index is 1480. The molecule has 0 unspecified atom stereocenters. The molecule has 0 aliphatic heterocycles. The molecule has 6 rings (SSSR count). The van der Waals surface area contributed by atoms with Gasteiger partial charge in [-0.1, -0.05) is 62.8 Å². The van der Waals surface area contributed by atoms with Crippen LogP contribution in [0.15, 0.2) is 47.4 Å². The van der Waals surface area contributed by atoms with Crippen LogP contribution in [0.3, 0.4) is 0 Å². The lowest BCUT2D eigenvalue weighted by molar-refractivity contribution is 0.0729. The van der Waals surface area contributed by atoms with E-state index in [0.717, 1.165) is 54.2 Å². The highest BCUT2D eigenvalue weighted by atomic mass is 32.2. The Morgan fingerprint density at radius 3 is 2.16 bits per heavy atom. The summed E-state index contributed by atoms with van der Waals surface area (Å²) in [5, 5.41) is 2.33. The van der Waals surface area contributed by atoms with Gasteiger partial charge in [-0.2, -0.15) is 0 Å². The topological polar surface area (TPSA) is 83.5 Å². The van der Waals surface area contributed by atoms with Gasteiger partial charge in [-0.15, -0.1) is 0 Å². The first-order valence-electron chi connectivity index (χ1n) is 14.3. The second-order valence-electron chi connectivity index (χ2n) is 11.4. The smallest absolute Gasteiger partial charge is 0.344 e. The van der Waals surface area contributed by atoms with Crippen LogP contribution in [-0.4, -0.2) is 18.9 Å². The van der Waals surface area contributed by atoms with Crippen LogP contribution < -0.4 is 4.74 Å². The van der Waals surface area contributed by atoms with E-state index in [-0.39, 0.29) is 10.9 Å². The van der Waals surface area contributed by atoms with Crippen LogP contribution >= 0.6 is 0 Å². The number of ether oxygens (including phenoxy) is 1. The Kier molecular flexibility index (Phi) is 7.04. The second-order valence-corrected chi connectivity index (χ2v) is 12.7. The molecule has 0 saturated heterocycles. The van der Waals surface area contributed by atoms with E-state index in [1.807, 2.05) is 0 Å². The van der Waals surface area contributed by atoms with Gasteiger partial charge in [0.1, 0.15) is 15.9 Å². The molecule has 200 valence electrons. The molecule has 3 aliphatic rings. The van der Waals surface area contributed by atoms with Crippen molar-refractivity contribution in [1.29, 1.82) is 0 Å². The normalized spacial score (nSPS) is 19.0. The Labute approximate surface area is 225 Å². The maximum Gasteiger partial charge on any atom is 0.344 e. The first kappa shape index (κ1) is 25.6. The number of hydrogen-bond acceptors (Lipinski definition) is 5. The second kappa shape index (κ2) is 10.5. The van der Waals surface area contributed by atoms with E-state index < -0.39 is 10.1 Å². The maximum absolute atomic E-state index is 14.3. The van der Waals surface area contributed by atoms with Crippen LogP contribution in [0.5, 0.6) is 5.75 Å². The van der Waals surface area contributed by atoms with E-state index in [1.165, 1.54) is 56.0 Å². The third-order valence-corrected chi connectivity index (χ3v) is 9.97. The maximum atomic E-state index is 14.3. The summed E-state index contributed by atoms with van der Waals surface area (Å²) in [6.45, 7) is 0. The molecule has 0 atom stereocenters. The van der Waals surface area contributed by atoms with Gasteiger partial charge in [0, 0.05) is 0 Å². The first-order valence-corrected chi connectivity index (χ1v) is 15.7. The SMILES string of the molecule is O=C(Oc1ccc(S(=O)(=O)[O-])c2c1CCC2)c1c(C2CCCCC2)cc2ccccc2c1C1CCCCC1. The van der Waals surface area contributed by atoms with Crippen LogP contribution in [0.25, 0.3) is 10.8 Å². The van der Waals surface area contributed by atoms with Crippen molar-refractivity contribution >= 4 is 26.9 Å². The van der Waals surface area contributed by atoms with Crippen LogP contribution in [0.4, 0.5) is 0 Å². The summed E-state index contributed by atoms with van der Waals surface area (Å²) in [5.74, 6) is 0.700. The largest absolute Gasteiger partial charge is 0.744 e. The highest BCUT2D eigenvalue weighted by Crippen LogP contribution is 2.45. The third-order valence-electron chi connectivity index (χ3n) is 9.05. The van der Waals surface area contributed by atoms with Crippen molar-refractivity contribution in [1.82, 2.24) is 0 Å². The zero-order chi connectivity index (χ0) is 26.3. The monoisotopic (exact) mass is 531 g/mol. The molecule has 38 heavy (non-hydrogen) atoms. The zero-order valence-electron chi connectivity index (χ0n) is 21.8. The average Bonchev–Trinajstić information content (AvgIpc) is 3.43. The lowest BCUT2D eigenvalue weighted by Crippen LogP contribution is -2.21. The van der Waals surface area contributed by atoms with E-state index in [4.69, 9.17) is 4.74 Å². The fourth-order valence-corrected chi connectivity index (χ4v) is 8.06. The van der Waals surface area contributed by atoms with E-state index in [2.05, 4.69) is 30.3 Å². The summed E-state index contributed by atoms with van der Waals surface area (Å²) >= 11 is 0. The van der Waals surface area contributed by atoms with Gasteiger partial charge < -0.3 is 9.29 Å². The standard InChI is InChI=1S/C32H36O5S/c33-32(37-28-18-19-29(38(34,35)36)26-17-9-16-25(26)28)31-27(21-10-3-1-4-11-21)20-23-14-7-8-15-24(23)30(31)22-12-5-2-6-13-22/h7-8,14-15,18-22H,1-6,9-13,16-17H2,(H,34,35,36)/p-1. The van der Waals surface area contributed by atoms with Crippen LogP contribution in [0.1, 0.15) is 115 Å². The summed E-state index contributed by atoms with van der Waals surface area (Å²) in [6, 6.07) is 13.5. The molecule has 6 heteroatoms. The van der Waals surface area contributed by atoms with Gasteiger partial charge in [-0.05, 0) is 108 Å². The number of carbonyl (C=O) groups is 1. The molecular weight excluding hydrogens is 496 g/mol. The fourth-order valence-electron chi connectivity index (χ4n) is 7.30. The Morgan fingerprint density at radius 1 is 0.789 bits per heavy atom. The molecular formula is C32H35O5S-. The van der Waals surface area contributed by atoms with Crippen LogP contribution in [0, 0.1) is 0 Å². The van der Waals surface area contributed by atoms with E-state index in [1.54, 1.807) is 0 Å². The molecule has 0 N–H and O–H groups in total. The molecule has 5 nitrogen and oxygen atoms in total. The van der Waals surface area contributed by atoms with Crippen LogP contribution in [0.2, 0.25) is 0 Å². The predicted molar refractivity (Wildman–Crippen MR) is 147 cm³/mol. The van der Waals surface area contributed by atoms with Crippen molar-refractivity contribution in [3.63, 3.8) is 0 Å². The molecule has 0 amide bonds. The Balaban J connectivity index is 1.50. The summed E-state index contributed by atoms with van der Waals surface area (Å²) in [7, 11) is -4.58. The minimum atomic E-state index is -4.58. The molecule has 3 aliphatic carbocycles. The highest BCUT2D eigenvalue weighted by molar-refractivity contribution is 7.85. The molecule has 0 radical (unpaired) electrons. The third kappa shape index (κ3) is 4.77. The molecule has 2 fully saturated rings. The van der Waals surface area contributed by atoms with Gasteiger partial charge in [0.2, 0.25) is 0 Å². The summed E-state index contributed by atoms with van der Waals surface area (Å²) in [6.07, 6.45) is 13.3. The number of rotatable bonds is 5. The summed E-state index contributed by atoms with van der Waals surface area (Å²) < 4.78 is 41.7. The average molecular weight is 532 g/mol. The van der Waals surface area contributed by atoms with Crippen molar-refractivity contribution in [2.45, 2.75) is 100 Å². The minimum Gasteiger partial charge on any atom is -0.744 e. The Hall–Kier alpha value is -2.70. The number of esters is 1. The van der Waals surface area contributed by atoms with E-state index in [0.29, 0.717) is 41.6 Å². The van der Waals surface area contributed by atoms with Crippen molar-refractivity contribution in [3.05, 3.63) is 70.3 Å². The number of hydrogen-bond donors (Lipinski definition) is 0. The van der Waals surface area contributed by atoms with Gasteiger partial charge >= 0.3 is 5.97 Å². The molecule has 2 saturated carbocycles. The molecule has 0 aromatic heterocycles. The van der Waals surface area contributed by atoms with Crippen LogP contribution in [-0.2, 0) is 23.0 Å². The lowest BCUT2D eigenvalue weighted by Gasteiger charge is -2.30. The van der Waals surface area contributed by atoms with E-state index in [9.17, 15) is 17.8 Å². The molecule has 3 aromatic carbocycles. The molecule has 0 heterocycles. The van der Waals surface area contributed by atoms with Gasteiger partial charge in [-0.25, -0.2) is 13.2 Å². The quantitative estimate of drug-likeness (QED) is 0.193. The highest BCUT2D eigenvalue weighted by Gasteiger charge is 2.32.